The Labute approximate surface area is 135 Å². The molecule has 0 aliphatic heterocycles. The molecule has 0 aliphatic carbocycles. The fraction of sp³-hybridized carbons (Fsp3) is 0.471. The Bertz CT molecular complexity index is 577. The first kappa shape index (κ1) is 16.2. The molecule has 0 saturated heterocycles. The van der Waals surface area contributed by atoms with Gasteiger partial charge < -0.3 is 5.32 Å². The summed E-state index contributed by atoms with van der Waals surface area (Å²) in [6.07, 6.45) is 1.91. The van der Waals surface area contributed by atoms with E-state index in [4.69, 9.17) is 0 Å². The van der Waals surface area contributed by atoms with Crippen molar-refractivity contribution in [2.75, 3.05) is 7.05 Å². The highest BCUT2D eigenvalue weighted by Gasteiger charge is 2.22. The van der Waals surface area contributed by atoms with Crippen LogP contribution < -0.4 is 5.32 Å². The van der Waals surface area contributed by atoms with Gasteiger partial charge in [-0.3, -0.25) is 4.68 Å². The second-order valence-corrected chi connectivity index (χ2v) is 6.28. The van der Waals surface area contributed by atoms with Crippen LogP contribution in [0.3, 0.4) is 0 Å². The zero-order chi connectivity index (χ0) is 15.4. The van der Waals surface area contributed by atoms with Gasteiger partial charge in [-0.15, -0.1) is 0 Å². The monoisotopic (exact) mass is 349 g/mol. The Morgan fingerprint density at radius 1 is 1.29 bits per heavy atom. The van der Waals surface area contributed by atoms with Crippen molar-refractivity contribution in [3.8, 4) is 0 Å². The number of aryl methyl sites for hydroxylation is 2. The van der Waals surface area contributed by atoms with Gasteiger partial charge in [0.05, 0.1) is 15.9 Å². The summed E-state index contributed by atoms with van der Waals surface area (Å²) in [5.41, 5.74) is 3.76. The van der Waals surface area contributed by atoms with E-state index in [1.54, 1.807) is 0 Å². The highest BCUT2D eigenvalue weighted by atomic mass is 79.9. The third kappa shape index (κ3) is 3.55. The molecule has 2 unspecified atom stereocenters. The van der Waals surface area contributed by atoms with Crippen LogP contribution in [0.4, 0.5) is 0 Å². The average molecular weight is 350 g/mol. The highest BCUT2D eigenvalue weighted by molar-refractivity contribution is 9.10. The molecule has 0 saturated carbocycles. The number of likely N-dealkylation sites (N-methyl/N-ethyl adjacent to an activating group) is 1. The number of aromatic nitrogens is 2. The molecule has 1 N–H and O–H groups in total. The molecule has 4 heteroatoms. The van der Waals surface area contributed by atoms with Crippen molar-refractivity contribution >= 4 is 15.9 Å². The standard InChI is InChI=1S/C17H24BrN3/c1-5-14-17(18)16(21(4)20-14)11-15(19-3)12(2)13-9-7-6-8-10-13/h6-10,12,15,19H,5,11H2,1-4H3. The van der Waals surface area contributed by atoms with E-state index in [-0.39, 0.29) is 0 Å². The van der Waals surface area contributed by atoms with Gasteiger partial charge in [0.2, 0.25) is 0 Å². The quantitative estimate of drug-likeness (QED) is 0.861. The first-order chi connectivity index (χ1) is 10.1. The zero-order valence-corrected chi connectivity index (χ0v) is 14.8. The molecule has 1 aromatic heterocycles. The van der Waals surface area contributed by atoms with E-state index in [0.717, 1.165) is 23.0 Å². The maximum Gasteiger partial charge on any atom is 0.0766 e. The lowest BCUT2D eigenvalue weighted by Gasteiger charge is -2.24. The van der Waals surface area contributed by atoms with Crippen molar-refractivity contribution in [2.24, 2.45) is 7.05 Å². The molecule has 0 spiro atoms. The minimum Gasteiger partial charge on any atom is -0.316 e. The van der Waals surface area contributed by atoms with Crippen molar-refractivity contribution in [3.63, 3.8) is 0 Å². The summed E-state index contributed by atoms with van der Waals surface area (Å²) in [4.78, 5) is 0. The minimum absolute atomic E-state index is 0.379. The minimum atomic E-state index is 0.379. The van der Waals surface area contributed by atoms with Gasteiger partial charge >= 0.3 is 0 Å². The number of nitrogens with zero attached hydrogens (tertiary/aromatic N) is 2. The number of hydrogen-bond donors (Lipinski definition) is 1. The number of hydrogen-bond acceptors (Lipinski definition) is 2. The van der Waals surface area contributed by atoms with Gasteiger partial charge in [-0.2, -0.15) is 5.10 Å². The van der Waals surface area contributed by atoms with Crippen LogP contribution in [-0.4, -0.2) is 22.9 Å². The summed E-state index contributed by atoms with van der Waals surface area (Å²) in [6.45, 7) is 4.42. The van der Waals surface area contributed by atoms with E-state index in [0.29, 0.717) is 12.0 Å². The SMILES string of the molecule is CCc1nn(C)c(CC(NC)C(C)c2ccccc2)c1Br. The fourth-order valence-corrected chi connectivity index (χ4v) is 3.55. The summed E-state index contributed by atoms with van der Waals surface area (Å²) in [7, 11) is 4.06. The van der Waals surface area contributed by atoms with Gasteiger partial charge in [0, 0.05) is 19.5 Å². The van der Waals surface area contributed by atoms with Crippen LogP contribution in [0.2, 0.25) is 0 Å². The Morgan fingerprint density at radius 2 is 1.95 bits per heavy atom. The van der Waals surface area contributed by atoms with E-state index in [1.807, 2.05) is 18.8 Å². The predicted molar refractivity (Wildman–Crippen MR) is 91.7 cm³/mol. The molecule has 114 valence electrons. The van der Waals surface area contributed by atoms with Gasteiger partial charge in [-0.1, -0.05) is 44.2 Å². The van der Waals surface area contributed by atoms with E-state index in [2.05, 4.69) is 70.5 Å². The zero-order valence-electron chi connectivity index (χ0n) is 13.2. The van der Waals surface area contributed by atoms with Crippen molar-refractivity contribution < 1.29 is 0 Å². The lowest BCUT2D eigenvalue weighted by Crippen LogP contribution is -2.33. The van der Waals surface area contributed by atoms with Crippen LogP contribution in [0.15, 0.2) is 34.8 Å². The van der Waals surface area contributed by atoms with Crippen molar-refractivity contribution in [2.45, 2.75) is 38.6 Å². The molecule has 0 amide bonds. The van der Waals surface area contributed by atoms with Crippen LogP contribution in [-0.2, 0) is 19.9 Å². The number of halogens is 1. The maximum atomic E-state index is 4.59. The average Bonchev–Trinajstić information content (AvgIpc) is 2.79. The summed E-state index contributed by atoms with van der Waals surface area (Å²) >= 11 is 3.71. The van der Waals surface area contributed by atoms with Gasteiger partial charge in [0.1, 0.15) is 0 Å². The number of rotatable bonds is 6. The van der Waals surface area contributed by atoms with Crippen molar-refractivity contribution in [1.82, 2.24) is 15.1 Å². The van der Waals surface area contributed by atoms with Crippen LogP contribution in [0.5, 0.6) is 0 Å². The van der Waals surface area contributed by atoms with Gasteiger partial charge in [0.15, 0.2) is 0 Å². The lowest BCUT2D eigenvalue weighted by atomic mass is 9.90. The Morgan fingerprint density at radius 3 is 2.48 bits per heavy atom. The second kappa shape index (κ2) is 7.23. The summed E-state index contributed by atoms with van der Waals surface area (Å²) in [6, 6.07) is 11.1. The third-order valence-corrected chi connectivity index (χ3v) is 5.13. The first-order valence-corrected chi connectivity index (χ1v) is 8.30. The molecule has 1 aromatic carbocycles. The smallest absolute Gasteiger partial charge is 0.0766 e. The van der Waals surface area contributed by atoms with Crippen molar-refractivity contribution in [1.29, 1.82) is 0 Å². The lowest BCUT2D eigenvalue weighted by molar-refractivity contribution is 0.469. The molecule has 0 bridgehead atoms. The molecule has 3 nitrogen and oxygen atoms in total. The Kier molecular flexibility index (Phi) is 5.59. The number of benzene rings is 1. The molecule has 2 atom stereocenters. The number of nitrogens with one attached hydrogen (secondary N) is 1. The van der Waals surface area contributed by atoms with E-state index in [9.17, 15) is 0 Å². The topological polar surface area (TPSA) is 29.9 Å². The molecular formula is C17H24BrN3. The summed E-state index contributed by atoms with van der Waals surface area (Å²) in [5, 5.41) is 8.06. The molecule has 1 heterocycles. The molecule has 21 heavy (non-hydrogen) atoms. The Balaban J connectivity index is 2.22. The predicted octanol–water partition coefficient (Wildman–Crippen LogP) is 3.68. The first-order valence-electron chi connectivity index (χ1n) is 7.50. The van der Waals surface area contributed by atoms with Gasteiger partial charge in [-0.25, -0.2) is 0 Å². The van der Waals surface area contributed by atoms with Crippen LogP contribution in [0.1, 0.15) is 36.7 Å². The third-order valence-electron chi connectivity index (χ3n) is 4.22. The van der Waals surface area contributed by atoms with Crippen molar-refractivity contribution in [3.05, 3.63) is 51.8 Å². The molecule has 0 radical (unpaired) electrons. The van der Waals surface area contributed by atoms with Crippen LogP contribution in [0, 0.1) is 0 Å². The fourth-order valence-electron chi connectivity index (χ4n) is 2.77. The van der Waals surface area contributed by atoms with E-state index in [1.165, 1.54) is 11.3 Å². The highest BCUT2D eigenvalue weighted by Crippen LogP contribution is 2.27. The summed E-state index contributed by atoms with van der Waals surface area (Å²) < 4.78 is 3.17. The van der Waals surface area contributed by atoms with E-state index < -0.39 is 0 Å². The molecule has 0 fully saturated rings. The van der Waals surface area contributed by atoms with E-state index >= 15 is 0 Å². The largest absolute Gasteiger partial charge is 0.316 e. The maximum absolute atomic E-state index is 4.59. The van der Waals surface area contributed by atoms with Gasteiger partial charge in [0.25, 0.3) is 0 Å². The second-order valence-electron chi connectivity index (χ2n) is 5.48. The Hall–Kier alpha value is -1.13. The summed E-state index contributed by atoms with van der Waals surface area (Å²) in [5.74, 6) is 0.447. The molecule has 0 aliphatic rings. The van der Waals surface area contributed by atoms with Gasteiger partial charge in [-0.05, 0) is 40.9 Å². The molecule has 2 rings (SSSR count). The molecular weight excluding hydrogens is 326 g/mol. The molecule has 2 aromatic rings. The van der Waals surface area contributed by atoms with Crippen LogP contribution >= 0.6 is 15.9 Å². The van der Waals surface area contributed by atoms with Crippen LogP contribution in [0.25, 0.3) is 0 Å². The normalized spacial score (nSPS) is 14.1.